The molecule has 1 aromatic heterocycles. The van der Waals surface area contributed by atoms with Crippen LogP contribution in [0.3, 0.4) is 0 Å². The van der Waals surface area contributed by atoms with E-state index in [-0.39, 0.29) is 19.4 Å². The Kier molecular flexibility index (Phi) is 10.3. The summed E-state index contributed by atoms with van der Waals surface area (Å²) in [7, 11) is 0. The van der Waals surface area contributed by atoms with E-state index >= 15 is 0 Å². The topological polar surface area (TPSA) is 135 Å². The summed E-state index contributed by atoms with van der Waals surface area (Å²) in [5, 5.41) is 27.3. The maximum absolute atomic E-state index is 11.2. The number of hydrogen-bond donors (Lipinski definition) is 3. The molecule has 31 heavy (non-hydrogen) atoms. The fourth-order valence-corrected chi connectivity index (χ4v) is 3.71. The van der Waals surface area contributed by atoms with Crippen molar-refractivity contribution >= 4 is 17.9 Å². The highest BCUT2D eigenvalue weighted by atomic mass is 16.4. The first kappa shape index (κ1) is 24.7. The summed E-state index contributed by atoms with van der Waals surface area (Å²) >= 11 is 0. The van der Waals surface area contributed by atoms with Crippen LogP contribution in [0.15, 0.2) is 18.2 Å². The molecule has 3 N–H and O–H groups in total. The molecule has 10 heteroatoms. The lowest BCUT2D eigenvalue weighted by Gasteiger charge is -2.27. The van der Waals surface area contributed by atoms with Gasteiger partial charge >= 0.3 is 17.9 Å². The lowest BCUT2D eigenvalue weighted by molar-refractivity contribution is -0.139. The second-order valence-electron chi connectivity index (χ2n) is 7.84. The molecule has 2 rings (SSSR count). The Morgan fingerprint density at radius 2 is 1.19 bits per heavy atom. The molecule has 2 bridgehead atoms. The zero-order valence-electron chi connectivity index (χ0n) is 17.8. The molecule has 1 aliphatic rings. The third-order valence-corrected chi connectivity index (χ3v) is 5.18. The number of fused-ring (bicyclic) bond motifs is 2. The summed E-state index contributed by atoms with van der Waals surface area (Å²) in [6.45, 7) is 4.25. The van der Waals surface area contributed by atoms with Crippen molar-refractivity contribution < 1.29 is 29.7 Å². The predicted molar refractivity (Wildman–Crippen MR) is 113 cm³/mol. The molecule has 2 heterocycles. The van der Waals surface area contributed by atoms with E-state index in [1.165, 1.54) is 0 Å². The molecule has 1 aromatic rings. The third kappa shape index (κ3) is 10.3. The Morgan fingerprint density at radius 3 is 1.61 bits per heavy atom. The molecule has 0 unspecified atom stereocenters. The van der Waals surface area contributed by atoms with E-state index in [9.17, 15) is 19.5 Å². The van der Waals surface area contributed by atoms with E-state index in [1.54, 1.807) is 0 Å². The van der Waals surface area contributed by atoms with E-state index in [1.807, 2.05) is 32.9 Å². The minimum Gasteiger partial charge on any atom is -0.481 e. The highest BCUT2D eigenvalue weighted by Crippen LogP contribution is 2.10. The SMILES string of the molecule is O=C(O)CCN1CCCN(CC(=O)O)CCCN(CCC(=O)O)Cc2cccc(n2)C1. The number of aromatic nitrogens is 1. The van der Waals surface area contributed by atoms with Crippen LogP contribution in [0.2, 0.25) is 0 Å². The lowest BCUT2D eigenvalue weighted by Crippen LogP contribution is -2.37. The van der Waals surface area contributed by atoms with Gasteiger partial charge in [0, 0.05) is 26.2 Å². The standard InChI is InChI=1S/C21H32N4O6/c26-19(27)6-12-24-10-2-8-23(16-21(30)31)9-3-11-25(13-7-20(28)29)15-18-5-1-4-17(14-24)22-18/h1,4-5H,2-3,6-16H2,(H,26,27)(H,28,29)(H,30,31). The van der Waals surface area contributed by atoms with Crippen molar-refractivity contribution in [1.29, 1.82) is 0 Å². The number of carboxylic acid groups (broad SMARTS) is 3. The highest BCUT2D eigenvalue weighted by molar-refractivity contribution is 5.69. The molecule has 172 valence electrons. The van der Waals surface area contributed by atoms with Crippen molar-refractivity contribution in [2.75, 3.05) is 45.8 Å². The summed E-state index contributed by atoms with van der Waals surface area (Å²) in [6.07, 6.45) is 1.49. The van der Waals surface area contributed by atoms with Gasteiger partial charge < -0.3 is 15.3 Å². The molecule has 0 aromatic carbocycles. The van der Waals surface area contributed by atoms with Crippen LogP contribution < -0.4 is 0 Å². The molecule has 0 atom stereocenters. The van der Waals surface area contributed by atoms with Gasteiger partial charge in [-0.15, -0.1) is 0 Å². The molecule has 0 radical (unpaired) electrons. The Hall–Kier alpha value is -2.56. The van der Waals surface area contributed by atoms with Gasteiger partial charge in [0.2, 0.25) is 0 Å². The number of pyridine rings is 1. The minimum absolute atomic E-state index is 0.0293. The van der Waals surface area contributed by atoms with E-state index in [2.05, 4.69) is 0 Å². The highest BCUT2D eigenvalue weighted by Gasteiger charge is 2.16. The Morgan fingerprint density at radius 1 is 0.742 bits per heavy atom. The summed E-state index contributed by atoms with van der Waals surface area (Å²) in [5.41, 5.74) is 1.67. The number of aliphatic carboxylic acids is 3. The van der Waals surface area contributed by atoms with Crippen molar-refractivity contribution in [3.05, 3.63) is 29.6 Å². The van der Waals surface area contributed by atoms with Crippen LogP contribution in [0.5, 0.6) is 0 Å². The van der Waals surface area contributed by atoms with Gasteiger partial charge in [-0.25, -0.2) is 0 Å². The van der Waals surface area contributed by atoms with Crippen molar-refractivity contribution in [2.45, 2.75) is 38.8 Å². The van der Waals surface area contributed by atoms with Gasteiger partial charge in [-0.2, -0.15) is 0 Å². The number of rotatable bonds is 8. The van der Waals surface area contributed by atoms with Crippen molar-refractivity contribution in [3.8, 4) is 0 Å². The molecule has 0 aliphatic carbocycles. The number of nitrogens with zero attached hydrogens (tertiary/aromatic N) is 4. The predicted octanol–water partition coefficient (Wildman–Crippen LogP) is 0.815. The summed E-state index contributed by atoms with van der Waals surface area (Å²) in [5.74, 6) is -2.60. The van der Waals surface area contributed by atoms with Crippen LogP contribution in [0, 0.1) is 0 Å². The average Bonchev–Trinajstić information content (AvgIpc) is 2.69. The fraction of sp³-hybridized carbons (Fsp3) is 0.619. The van der Waals surface area contributed by atoms with Crippen LogP contribution >= 0.6 is 0 Å². The van der Waals surface area contributed by atoms with E-state index in [4.69, 9.17) is 15.2 Å². The third-order valence-electron chi connectivity index (χ3n) is 5.18. The summed E-state index contributed by atoms with van der Waals surface area (Å²) < 4.78 is 0. The van der Waals surface area contributed by atoms with Crippen LogP contribution in [0.1, 0.15) is 37.1 Å². The summed E-state index contributed by atoms with van der Waals surface area (Å²) in [4.78, 5) is 44.0. The Balaban J connectivity index is 2.17. The van der Waals surface area contributed by atoms with Crippen molar-refractivity contribution in [2.24, 2.45) is 0 Å². The van der Waals surface area contributed by atoms with Crippen molar-refractivity contribution in [1.82, 2.24) is 19.7 Å². The number of carbonyl (C=O) groups is 3. The van der Waals surface area contributed by atoms with Crippen molar-refractivity contribution in [3.63, 3.8) is 0 Å². The quantitative estimate of drug-likeness (QED) is 0.537. The smallest absolute Gasteiger partial charge is 0.317 e. The van der Waals surface area contributed by atoms with Gasteiger partial charge in [-0.1, -0.05) is 6.07 Å². The maximum atomic E-state index is 11.2. The van der Waals surface area contributed by atoms with Gasteiger partial charge in [-0.3, -0.25) is 34.1 Å². The summed E-state index contributed by atoms with van der Waals surface area (Å²) in [6, 6.07) is 5.73. The monoisotopic (exact) mass is 436 g/mol. The first-order valence-corrected chi connectivity index (χ1v) is 10.6. The number of carboxylic acids is 3. The molecule has 1 aliphatic heterocycles. The van der Waals surface area contributed by atoms with Crippen LogP contribution in [-0.4, -0.2) is 98.7 Å². The Bertz CT molecular complexity index is 695. The molecule has 10 nitrogen and oxygen atoms in total. The number of hydrogen-bond acceptors (Lipinski definition) is 7. The maximum Gasteiger partial charge on any atom is 0.317 e. The van der Waals surface area contributed by atoms with Crippen LogP contribution in [0.4, 0.5) is 0 Å². The fourth-order valence-electron chi connectivity index (χ4n) is 3.71. The van der Waals surface area contributed by atoms with Gasteiger partial charge in [0.1, 0.15) is 0 Å². The van der Waals surface area contributed by atoms with Crippen LogP contribution in [-0.2, 0) is 27.5 Å². The average molecular weight is 437 g/mol. The first-order valence-electron chi connectivity index (χ1n) is 10.6. The second-order valence-corrected chi connectivity index (χ2v) is 7.84. The molecule has 0 saturated heterocycles. The molecule has 0 saturated carbocycles. The normalized spacial score (nSPS) is 17.7. The second kappa shape index (κ2) is 13.0. The lowest BCUT2D eigenvalue weighted by atomic mass is 10.2. The molecule has 0 spiro atoms. The first-order chi connectivity index (χ1) is 14.8. The zero-order valence-corrected chi connectivity index (χ0v) is 17.8. The molecule has 0 amide bonds. The molecular formula is C21H32N4O6. The zero-order chi connectivity index (χ0) is 22.6. The van der Waals surface area contributed by atoms with E-state index in [0.717, 1.165) is 24.2 Å². The Labute approximate surface area is 182 Å². The van der Waals surface area contributed by atoms with Gasteiger partial charge in [0.15, 0.2) is 0 Å². The molecular weight excluding hydrogens is 404 g/mol. The van der Waals surface area contributed by atoms with Gasteiger partial charge in [-0.05, 0) is 51.2 Å². The van der Waals surface area contributed by atoms with E-state index < -0.39 is 17.9 Å². The minimum atomic E-state index is -0.884. The van der Waals surface area contributed by atoms with E-state index in [0.29, 0.717) is 52.4 Å². The van der Waals surface area contributed by atoms with Crippen LogP contribution in [0.25, 0.3) is 0 Å². The van der Waals surface area contributed by atoms with Gasteiger partial charge in [0.25, 0.3) is 0 Å². The largest absolute Gasteiger partial charge is 0.481 e. The molecule has 0 fully saturated rings. The van der Waals surface area contributed by atoms with Gasteiger partial charge in [0.05, 0.1) is 30.8 Å².